The van der Waals surface area contributed by atoms with Gasteiger partial charge in [-0.2, -0.15) is 0 Å². The Morgan fingerprint density at radius 2 is 2.18 bits per heavy atom. The number of nitrogens with zero attached hydrogens (tertiary/aromatic N) is 2. The van der Waals surface area contributed by atoms with Gasteiger partial charge in [0.15, 0.2) is 0 Å². The monoisotopic (exact) mass is 237 g/mol. The smallest absolute Gasteiger partial charge is 0.138 e. The first-order valence-corrected chi connectivity index (χ1v) is 6.51. The minimum Gasteiger partial charge on any atom is -0.361 e. The summed E-state index contributed by atoms with van der Waals surface area (Å²) in [7, 11) is 0. The molecule has 1 aromatic heterocycles. The van der Waals surface area contributed by atoms with Gasteiger partial charge in [-0.1, -0.05) is 11.6 Å². The van der Waals surface area contributed by atoms with E-state index in [1.54, 1.807) is 0 Å². The van der Waals surface area contributed by atoms with Gasteiger partial charge in [-0.05, 0) is 33.6 Å². The van der Waals surface area contributed by atoms with E-state index in [1.165, 1.54) is 24.8 Å². The van der Waals surface area contributed by atoms with Crippen LogP contribution >= 0.6 is 0 Å². The zero-order valence-electron chi connectivity index (χ0n) is 11.1. The Hall–Kier alpha value is -0.870. The van der Waals surface area contributed by atoms with Crippen LogP contribution in [0.1, 0.15) is 43.2 Å². The number of hydrogen-bond acceptors (Lipinski definition) is 4. The molecule has 2 N–H and O–H groups in total. The normalized spacial score (nSPS) is 26.4. The predicted octanol–water partition coefficient (Wildman–Crippen LogP) is 1.99. The summed E-state index contributed by atoms with van der Waals surface area (Å²) in [4.78, 5) is 2.51. The molecule has 1 fully saturated rings. The number of nitrogens with two attached hydrogens (primary N) is 1. The zero-order chi connectivity index (χ0) is 12.4. The highest BCUT2D eigenvalue weighted by molar-refractivity contribution is 5.20. The number of likely N-dealkylation sites (tertiary alicyclic amines) is 1. The molecule has 0 bridgehead atoms. The highest BCUT2D eigenvalue weighted by Crippen LogP contribution is 2.26. The lowest BCUT2D eigenvalue weighted by molar-refractivity contribution is 0.0885. The molecule has 0 spiro atoms. The molecule has 0 aromatic carbocycles. The quantitative estimate of drug-likeness (QED) is 0.873. The summed E-state index contributed by atoms with van der Waals surface area (Å²) in [5, 5.41) is 4.02. The Morgan fingerprint density at radius 1 is 1.41 bits per heavy atom. The molecule has 2 atom stereocenters. The molecule has 1 aromatic rings. The number of rotatable bonds is 3. The average molecular weight is 237 g/mol. The SMILES string of the molecule is Cc1noc(C)c1CN1C(C)CCCC1CN. The van der Waals surface area contributed by atoms with Crippen LogP contribution in [0, 0.1) is 13.8 Å². The van der Waals surface area contributed by atoms with Crippen molar-refractivity contribution >= 4 is 0 Å². The van der Waals surface area contributed by atoms with Gasteiger partial charge in [-0.25, -0.2) is 0 Å². The minimum atomic E-state index is 0.507. The van der Waals surface area contributed by atoms with Crippen LogP contribution in [0.4, 0.5) is 0 Å². The van der Waals surface area contributed by atoms with Gasteiger partial charge in [0.2, 0.25) is 0 Å². The average Bonchev–Trinajstić information content (AvgIpc) is 2.63. The van der Waals surface area contributed by atoms with E-state index >= 15 is 0 Å². The number of piperidine rings is 1. The first-order chi connectivity index (χ1) is 8.13. The van der Waals surface area contributed by atoms with E-state index in [1.807, 2.05) is 13.8 Å². The minimum absolute atomic E-state index is 0.507. The van der Waals surface area contributed by atoms with Crippen molar-refractivity contribution in [1.82, 2.24) is 10.1 Å². The van der Waals surface area contributed by atoms with Gasteiger partial charge in [0.05, 0.1) is 5.69 Å². The third kappa shape index (κ3) is 2.53. The summed E-state index contributed by atoms with van der Waals surface area (Å²) in [5.41, 5.74) is 8.12. The van der Waals surface area contributed by atoms with Crippen LogP contribution in [0.15, 0.2) is 4.52 Å². The fourth-order valence-electron chi connectivity index (χ4n) is 2.79. The summed E-state index contributed by atoms with van der Waals surface area (Å²) < 4.78 is 5.23. The molecule has 0 radical (unpaired) electrons. The van der Waals surface area contributed by atoms with Gasteiger partial charge in [-0.3, -0.25) is 4.90 Å². The molecule has 2 heterocycles. The second kappa shape index (κ2) is 5.19. The van der Waals surface area contributed by atoms with Crippen molar-refractivity contribution in [1.29, 1.82) is 0 Å². The molecule has 1 saturated heterocycles. The molecule has 0 saturated carbocycles. The maximum atomic E-state index is 5.88. The Labute approximate surface area is 103 Å². The fraction of sp³-hybridized carbons (Fsp3) is 0.769. The largest absolute Gasteiger partial charge is 0.361 e. The van der Waals surface area contributed by atoms with Gasteiger partial charge >= 0.3 is 0 Å². The lowest BCUT2D eigenvalue weighted by atomic mass is 9.95. The van der Waals surface area contributed by atoms with Crippen LogP contribution < -0.4 is 5.73 Å². The van der Waals surface area contributed by atoms with Crippen LogP contribution in [0.25, 0.3) is 0 Å². The van der Waals surface area contributed by atoms with Crippen molar-refractivity contribution in [3.05, 3.63) is 17.0 Å². The van der Waals surface area contributed by atoms with Crippen molar-refractivity contribution in [3.63, 3.8) is 0 Å². The molecule has 2 unspecified atom stereocenters. The van der Waals surface area contributed by atoms with Gasteiger partial charge in [-0.15, -0.1) is 0 Å². The van der Waals surface area contributed by atoms with E-state index in [9.17, 15) is 0 Å². The van der Waals surface area contributed by atoms with E-state index in [4.69, 9.17) is 10.3 Å². The molecule has 0 amide bonds. The molecule has 96 valence electrons. The molecule has 4 heteroatoms. The number of aromatic nitrogens is 1. The van der Waals surface area contributed by atoms with Crippen molar-refractivity contribution in [2.75, 3.05) is 6.54 Å². The molecular formula is C13H23N3O. The summed E-state index contributed by atoms with van der Waals surface area (Å²) in [5.74, 6) is 0.941. The number of aryl methyl sites for hydroxylation is 2. The van der Waals surface area contributed by atoms with Crippen LogP contribution in [-0.4, -0.2) is 28.7 Å². The molecule has 2 rings (SSSR count). The molecule has 1 aliphatic rings. The first kappa shape index (κ1) is 12.6. The summed E-state index contributed by atoms with van der Waals surface area (Å²) in [6.07, 6.45) is 3.77. The second-order valence-corrected chi connectivity index (χ2v) is 5.14. The van der Waals surface area contributed by atoms with E-state index < -0.39 is 0 Å². The summed E-state index contributed by atoms with van der Waals surface area (Å²) in [6.45, 7) is 7.96. The predicted molar refractivity (Wildman–Crippen MR) is 67.7 cm³/mol. The highest BCUT2D eigenvalue weighted by Gasteiger charge is 2.28. The number of hydrogen-bond donors (Lipinski definition) is 1. The van der Waals surface area contributed by atoms with Crippen molar-refractivity contribution in [3.8, 4) is 0 Å². The lowest BCUT2D eigenvalue weighted by Crippen LogP contribution is -2.48. The van der Waals surface area contributed by atoms with Crippen LogP contribution in [0.3, 0.4) is 0 Å². The second-order valence-electron chi connectivity index (χ2n) is 5.14. The van der Waals surface area contributed by atoms with E-state index in [0.29, 0.717) is 12.1 Å². The van der Waals surface area contributed by atoms with Crippen LogP contribution in [0.2, 0.25) is 0 Å². The Morgan fingerprint density at radius 3 is 2.76 bits per heavy atom. The maximum absolute atomic E-state index is 5.88. The van der Waals surface area contributed by atoms with Gasteiger partial charge in [0.25, 0.3) is 0 Å². The van der Waals surface area contributed by atoms with Gasteiger partial charge in [0.1, 0.15) is 5.76 Å². The Balaban J connectivity index is 2.15. The van der Waals surface area contributed by atoms with E-state index in [-0.39, 0.29) is 0 Å². The molecule has 1 aliphatic heterocycles. The molecule has 4 nitrogen and oxygen atoms in total. The van der Waals surface area contributed by atoms with E-state index in [0.717, 1.165) is 24.5 Å². The van der Waals surface area contributed by atoms with Crippen LogP contribution in [-0.2, 0) is 6.54 Å². The lowest BCUT2D eigenvalue weighted by Gasteiger charge is -2.40. The molecular weight excluding hydrogens is 214 g/mol. The van der Waals surface area contributed by atoms with Crippen LogP contribution in [0.5, 0.6) is 0 Å². The van der Waals surface area contributed by atoms with Crippen molar-refractivity contribution in [2.24, 2.45) is 5.73 Å². The molecule has 17 heavy (non-hydrogen) atoms. The Bertz CT molecular complexity index is 355. The van der Waals surface area contributed by atoms with Crippen molar-refractivity contribution in [2.45, 2.75) is 58.7 Å². The van der Waals surface area contributed by atoms with Gasteiger partial charge < -0.3 is 10.3 Å². The highest BCUT2D eigenvalue weighted by atomic mass is 16.5. The summed E-state index contributed by atoms with van der Waals surface area (Å²) >= 11 is 0. The topological polar surface area (TPSA) is 55.3 Å². The molecule has 0 aliphatic carbocycles. The maximum Gasteiger partial charge on any atom is 0.138 e. The third-order valence-electron chi connectivity index (χ3n) is 3.99. The fourth-order valence-corrected chi connectivity index (χ4v) is 2.79. The third-order valence-corrected chi connectivity index (χ3v) is 3.99. The Kier molecular flexibility index (Phi) is 3.84. The van der Waals surface area contributed by atoms with E-state index in [2.05, 4.69) is 17.0 Å². The zero-order valence-corrected chi connectivity index (χ0v) is 11.1. The van der Waals surface area contributed by atoms with Crippen molar-refractivity contribution < 1.29 is 4.52 Å². The van der Waals surface area contributed by atoms with Gasteiger partial charge in [0, 0.05) is 30.7 Å². The first-order valence-electron chi connectivity index (χ1n) is 6.51. The summed E-state index contributed by atoms with van der Waals surface area (Å²) in [6, 6.07) is 1.11. The standard InChI is InChI=1S/C13H23N3O/c1-9-5-4-6-12(7-14)16(9)8-13-10(2)15-17-11(13)3/h9,12H,4-8,14H2,1-3H3.